The molecule has 2 heteroatoms. The van der Waals surface area contributed by atoms with Gasteiger partial charge in [0.05, 0.1) is 0 Å². The van der Waals surface area contributed by atoms with Crippen LogP contribution in [0.25, 0.3) is 10.9 Å². The van der Waals surface area contributed by atoms with Gasteiger partial charge in [-0.25, -0.2) is 0 Å². The summed E-state index contributed by atoms with van der Waals surface area (Å²) in [7, 11) is 0. The summed E-state index contributed by atoms with van der Waals surface area (Å²) in [5.74, 6) is 0.506. The van der Waals surface area contributed by atoms with Gasteiger partial charge in [-0.15, -0.1) is 0 Å². The van der Waals surface area contributed by atoms with Crippen LogP contribution in [0.15, 0.2) is 54.7 Å². The Kier molecular flexibility index (Phi) is 2.69. The molecule has 1 aliphatic rings. The van der Waals surface area contributed by atoms with Crippen molar-refractivity contribution in [3.63, 3.8) is 0 Å². The minimum absolute atomic E-state index is 0.506. The van der Waals surface area contributed by atoms with Crippen molar-refractivity contribution in [3.05, 3.63) is 71.4 Å². The largest absolute Gasteiger partial charge is 0.380 e. The van der Waals surface area contributed by atoms with Crippen LogP contribution in [-0.2, 0) is 5.60 Å². The lowest BCUT2D eigenvalue weighted by molar-refractivity contribution is 0.0594. The number of aliphatic hydroxyl groups is 1. The van der Waals surface area contributed by atoms with Crippen LogP contribution in [0.1, 0.15) is 42.4 Å². The lowest BCUT2D eigenvalue weighted by Gasteiger charge is -2.38. The molecule has 1 aliphatic carbocycles. The summed E-state index contributed by atoms with van der Waals surface area (Å²) in [6.45, 7) is 2.25. The summed E-state index contributed by atoms with van der Waals surface area (Å²) in [5.41, 5.74) is 3.55. The average Bonchev–Trinajstić information content (AvgIpc) is 3.00. The molecule has 2 unspecified atom stereocenters. The van der Waals surface area contributed by atoms with E-state index in [9.17, 15) is 5.11 Å². The van der Waals surface area contributed by atoms with Crippen LogP contribution in [0.2, 0.25) is 0 Å². The number of hydrogen-bond donors (Lipinski definition) is 2. The Labute approximate surface area is 124 Å². The number of aromatic amines is 1. The molecule has 0 amide bonds. The molecule has 2 nitrogen and oxygen atoms in total. The van der Waals surface area contributed by atoms with Crippen LogP contribution in [0.3, 0.4) is 0 Å². The van der Waals surface area contributed by atoms with E-state index in [1.807, 2.05) is 18.3 Å². The molecule has 0 radical (unpaired) electrons. The van der Waals surface area contributed by atoms with E-state index in [0.29, 0.717) is 5.92 Å². The fraction of sp³-hybridized carbons (Fsp3) is 0.263. The molecular formula is C19H19NO. The Morgan fingerprint density at radius 2 is 1.86 bits per heavy atom. The van der Waals surface area contributed by atoms with E-state index in [2.05, 4.69) is 48.3 Å². The van der Waals surface area contributed by atoms with Gasteiger partial charge in [0.25, 0.3) is 0 Å². The van der Waals surface area contributed by atoms with Crippen molar-refractivity contribution in [1.82, 2.24) is 4.98 Å². The lowest BCUT2D eigenvalue weighted by Crippen LogP contribution is -2.33. The van der Waals surface area contributed by atoms with Gasteiger partial charge in [-0.3, -0.25) is 0 Å². The SMILES string of the molecule is CC1CCC(O)(c2cccc3[nH]ccc23)c2ccccc21. The topological polar surface area (TPSA) is 36.0 Å². The quantitative estimate of drug-likeness (QED) is 0.683. The summed E-state index contributed by atoms with van der Waals surface area (Å²) in [4.78, 5) is 3.24. The maximum atomic E-state index is 11.5. The van der Waals surface area contributed by atoms with Gasteiger partial charge < -0.3 is 10.1 Å². The summed E-state index contributed by atoms with van der Waals surface area (Å²) < 4.78 is 0. The number of aromatic nitrogens is 1. The van der Waals surface area contributed by atoms with Gasteiger partial charge in [-0.1, -0.05) is 43.3 Å². The van der Waals surface area contributed by atoms with E-state index in [1.54, 1.807) is 0 Å². The Morgan fingerprint density at radius 3 is 2.76 bits per heavy atom. The number of hydrogen-bond acceptors (Lipinski definition) is 1. The van der Waals surface area contributed by atoms with E-state index >= 15 is 0 Å². The molecule has 106 valence electrons. The van der Waals surface area contributed by atoms with E-state index in [1.165, 1.54) is 5.56 Å². The molecule has 3 aromatic rings. The standard InChI is InChI=1S/C19H19NO/c1-13-9-11-19(21,16-6-3-2-5-14(13)16)17-7-4-8-18-15(17)10-12-20-18/h2-8,10,12-13,20-21H,9,11H2,1H3. The van der Waals surface area contributed by atoms with Crippen molar-refractivity contribution in [1.29, 1.82) is 0 Å². The molecule has 0 spiro atoms. The van der Waals surface area contributed by atoms with Gasteiger partial charge in [0, 0.05) is 17.1 Å². The molecule has 0 saturated carbocycles. The highest BCUT2D eigenvalue weighted by Crippen LogP contribution is 2.46. The molecule has 2 aromatic carbocycles. The molecule has 2 atom stereocenters. The molecular weight excluding hydrogens is 258 g/mol. The Bertz CT molecular complexity index is 804. The third-order valence-corrected chi connectivity index (χ3v) is 4.92. The maximum Gasteiger partial charge on any atom is 0.116 e. The predicted octanol–water partition coefficient (Wildman–Crippen LogP) is 4.30. The number of nitrogens with one attached hydrogen (secondary N) is 1. The second-order valence-electron chi connectivity index (χ2n) is 6.13. The van der Waals surface area contributed by atoms with Gasteiger partial charge in [0.1, 0.15) is 5.60 Å². The van der Waals surface area contributed by atoms with Crippen LogP contribution >= 0.6 is 0 Å². The first-order valence-corrected chi connectivity index (χ1v) is 7.58. The predicted molar refractivity (Wildman–Crippen MR) is 85.4 cm³/mol. The van der Waals surface area contributed by atoms with Crippen molar-refractivity contribution in [3.8, 4) is 0 Å². The monoisotopic (exact) mass is 277 g/mol. The highest BCUT2D eigenvalue weighted by Gasteiger charge is 2.39. The Hall–Kier alpha value is -2.06. The third kappa shape index (κ3) is 1.76. The van der Waals surface area contributed by atoms with Crippen LogP contribution < -0.4 is 0 Å². The van der Waals surface area contributed by atoms with Crippen molar-refractivity contribution in [2.45, 2.75) is 31.3 Å². The molecule has 1 heterocycles. The minimum atomic E-state index is -0.884. The van der Waals surface area contributed by atoms with E-state index < -0.39 is 5.60 Å². The lowest BCUT2D eigenvalue weighted by atomic mass is 9.71. The van der Waals surface area contributed by atoms with Crippen LogP contribution in [-0.4, -0.2) is 10.1 Å². The summed E-state index contributed by atoms with van der Waals surface area (Å²) in [5, 5.41) is 12.6. The zero-order valence-electron chi connectivity index (χ0n) is 12.1. The Balaban J connectivity index is 1.99. The number of rotatable bonds is 1. The first-order chi connectivity index (χ1) is 10.2. The van der Waals surface area contributed by atoms with E-state index in [-0.39, 0.29) is 0 Å². The summed E-state index contributed by atoms with van der Waals surface area (Å²) in [6, 6.07) is 16.5. The van der Waals surface area contributed by atoms with Gasteiger partial charge >= 0.3 is 0 Å². The van der Waals surface area contributed by atoms with Gasteiger partial charge in [0.2, 0.25) is 0 Å². The van der Waals surface area contributed by atoms with Crippen molar-refractivity contribution in [2.75, 3.05) is 0 Å². The van der Waals surface area contributed by atoms with Crippen LogP contribution in [0.4, 0.5) is 0 Å². The highest BCUT2D eigenvalue weighted by atomic mass is 16.3. The van der Waals surface area contributed by atoms with Gasteiger partial charge in [-0.2, -0.15) is 0 Å². The molecule has 1 aromatic heterocycles. The number of fused-ring (bicyclic) bond motifs is 2. The third-order valence-electron chi connectivity index (χ3n) is 4.92. The summed E-state index contributed by atoms with van der Waals surface area (Å²) >= 11 is 0. The van der Waals surface area contributed by atoms with E-state index in [0.717, 1.165) is 34.9 Å². The van der Waals surface area contributed by atoms with Crippen molar-refractivity contribution < 1.29 is 5.11 Å². The van der Waals surface area contributed by atoms with Crippen LogP contribution in [0, 0.1) is 0 Å². The molecule has 0 bridgehead atoms. The molecule has 2 N–H and O–H groups in total. The first kappa shape index (κ1) is 12.7. The number of benzene rings is 2. The van der Waals surface area contributed by atoms with E-state index in [4.69, 9.17) is 0 Å². The smallest absolute Gasteiger partial charge is 0.116 e. The maximum absolute atomic E-state index is 11.5. The van der Waals surface area contributed by atoms with Gasteiger partial charge in [0.15, 0.2) is 0 Å². The fourth-order valence-corrected chi connectivity index (χ4v) is 3.74. The minimum Gasteiger partial charge on any atom is -0.380 e. The molecule has 0 saturated heterocycles. The second-order valence-corrected chi connectivity index (χ2v) is 6.13. The Morgan fingerprint density at radius 1 is 1.05 bits per heavy atom. The molecule has 4 rings (SSSR count). The van der Waals surface area contributed by atoms with Crippen molar-refractivity contribution in [2.24, 2.45) is 0 Å². The summed E-state index contributed by atoms with van der Waals surface area (Å²) in [6.07, 6.45) is 3.72. The normalized spacial score (nSPS) is 25.0. The van der Waals surface area contributed by atoms with Gasteiger partial charge in [-0.05, 0) is 47.6 Å². The highest BCUT2D eigenvalue weighted by molar-refractivity contribution is 5.84. The zero-order valence-corrected chi connectivity index (χ0v) is 12.1. The first-order valence-electron chi connectivity index (χ1n) is 7.58. The molecule has 0 fully saturated rings. The zero-order chi connectivity index (χ0) is 14.4. The molecule has 21 heavy (non-hydrogen) atoms. The molecule has 0 aliphatic heterocycles. The fourth-order valence-electron chi connectivity index (χ4n) is 3.74. The number of H-pyrrole nitrogens is 1. The van der Waals surface area contributed by atoms with Crippen molar-refractivity contribution >= 4 is 10.9 Å². The van der Waals surface area contributed by atoms with Crippen LogP contribution in [0.5, 0.6) is 0 Å². The average molecular weight is 277 g/mol. The second kappa shape index (κ2) is 4.47.